The molecule has 4 nitrogen and oxygen atoms in total. The van der Waals surface area contributed by atoms with Crippen molar-refractivity contribution in [3.63, 3.8) is 0 Å². The Morgan fingerprint density at radius 3 is 2.68 bits per heavy atom. The predicted octanol–water partition coefficient (Wildman–Crippen LogP) is 4.09. The Labute approximate surface area is 147 Å². The van der Waals surface area contributed by atoms with Crippen molar-refractivity contribution in [2.45, 2.75) is 32.5 Å². The van der Waals surface area contributed by atoms with Gasteiger partial charge in [0, 0.05) is 23.5 Å². The number of nitrogens with one attached hydrogen (secondary N) is 1. The van der Waals surface area contributed by atoms with Crippen LogP contribution in [0.25, 0.3) is 10.9 Å². The maximum Gasteiger partial charge on any atom is 0.257 e. The summed E-state index contributed by atoms with van der Waals surface area (Å²) in [5.74, 6) is 0.141. The first kappa shape index (κ1) is 14.6. The van der Waals surface area contributed by atoms with Crippen LogP contribution in [-0.4, -0.2) is 28.4 Å². The zero-order valence-corrected chi connectivity index (χ0v) is 14.5. The molecule has 3 heterocycles. The fourth-order valence-corrected chi connectivity index (χ4v) is 4.45. The molecule has 3 aromatic rings. The third-order valence-corrected chi connectivity index (χ3v) is 5.50. The van der Waals surface area contributed by atoms with E-state index in [1.54, 1.807) is 0 Å². The molecule has 0 saturated heterocycles. The minimum atomic E-state index is -0.0569. The summed E-state index contributed by atoms with van der Waals surface area (Å²) in [4.78, 5) is 21.2. The van der Waals surface area contributed by atoms with Crippen LogP contribution in [-0.2, 0) is 6.42 Å². The third-order valence-electron chi connectivity index (χ3n) is 5.50. The van der Waals surface area contributed by atoms with Crippen LogP contribution in [0.2, 0.25) is 0 Å². The SMILES string of the molecule is CC(C)N1c2ccccc2C(=O)N2CCc3c([nH]c4ccccc34)C21. The molecular formula is C21H21N3O. The van der Waals surface area contributed by atoms with Crippen LogP contribution >= 0.6 is 0 Å². The van der Waals surface area contributed by atoms with Gasteiger partial charge in [-0.25, -0.2) is 0 Å². The topological polar surface area (TPSA) is 39.3 Å². The molecule has 1 N–H and O–H groups in total. The zero-order valence-electron chi connectivity index (χ0n) is 14.5. The molecule has 0 fully saturated rings. The van der Waals surface area contributed by atoms with E-state index in [0.29, 0.717) is 6.04 Å². The van der Waals surface area contributed by atoms with Gasteiger partial charge in [0.2, 0.25) is 0 Å². The first-order valence-corrected chi connectivity index (χ1v) is 8.94. The number of nitrogens with zero attached hydrogens (tertiary/aromatic N) is 2. The summed E-state index contributed by atoms with van der Waals surface area (Å²) in [5.41, 5.74) is 5.53. The lowest BCUT2D eigenvalue weighted by Crippen LogP contribution is -2.54. The highest BCUT2D eigenvalue weighted by Crippen LogP contribution is 2.44. The number of para-hydroxylation sites is 2. The smallest absolute Gasteiger partial charge is 0.257 e. The summed E-state index contributed by atoms with van der Waals surface area (Å²) in [6.45, 7) is 5.15. The van der Waals surface area contributed by atoms with Crippen molar-refractivity contribution >= 4 is 22.5 Å². The number of anilines is 1. The van der Waals surface area contributed by atoms with Crippen molar-refractivity contribution in [2.24, 2.45) is 0 Å². The predicted molar refractivity (Wildman–Crippen MR) is 99.8 cm³/mol. The summed E-state index contributed by atoms with van der Waals surface area (Å²) < 4.78 is 0. The Balaban J connectivity index is 1.77. The Hall–Kier alpha value is -2.75. The highest BCUT2D eigenvalue weighted by Gasteiger charge is 2.43. The van der Waals surface area contributed by atoms with Gasteiger partial charge in [-0.05, 0) is 44.0 Å². The van der Waals surface area contributed by atoms with Gasteiger partial charge in [-0.1, -0.05) is 30.3 Å². The largest absolute Gasteiger partial charge is 0.355 e. The fraction of sp³-hybridized carbons (Fsp3) is 0.286. The van der Waals surface area contributed by atoms with Crippen LogP contribution in [0.1, 0.15) is 41.6 Å². The van der Waals surface area contributed by atoms with E-state index in [0.717, 1.165) is 29.7 Å². The average molecular weight is 331 g/mol. The van der Waals surface area contributed by atoms with Gasteiger partial charge in [0.05, 0.1) is 16.9 Å². The summed E-state index contributed by atoms with van der Waals surface area (Å²) in [6.07, 6.45) is 0.842. The maximum absolute atomic E-state index is 13.1. The fourth-order valence-electron chi connectivity index (χ4n) is 4.45. The van der Waals surface area contributed by atoms with Crippen LogP contribution < -0.4 is 4.90 Å². The van der Waals surface area contributed by atoms with Crippen molar-refractivity contribution in [3.8, 4) is 0 Å². The van der Waals surface area contributed by atoms with Crippen molar-refractivity contribution < 1.29 is 4.79 Å². The summed E-state index contributed by atoms with van der Waals surface area (Å²) in [6, 6.07) is 16.7. The number of aromatic amines is 1. The molecule has 1 amide bonds. The van der Waals surface area contributed by atoms with E-state index < -0.39 is 0 Å². The maximum atomic E-state index is 13.1. The molecule has 1 unspecified atom stereocenters. The van der Waals surface area contributed by atoms with E-state index in [2.05, 4.69) is 54.1 Å². The van der Waals surface area contributed by atoms with E-state index >= 15 is 0 Å². The first-order chi connectivity index (χ1) is 12.2. The molecule has 5 rings (SSSR count). The van der Waals surface area contributed by atoms with Crippen LogP contribution in [0.15, 0.2) is 48.5 Å². The second kappa shape index (κ2) is 5.12. The lowest BCUT2D eigenvalue weighted by atomic mass is 9.94. The molecule has 4 heteroatoms. The van der Waals surface area contributed by atoms with E-state index in [9.17, 15) is 4.79 Å². The number of hydrogen-bond acceptors (Lipinski definition) is 2. The lowest BCUT2D eigenvalue weighted by molar-refractivity contribution is 0.0619. The Morgan fingerprint density at radius 1 is 1.08 bits per heavy atom. The normalized spacial score (nSPS) is 19.2. The number of hydrogen-bond donors (Lipinski definition) is 1. The lowest BCUT2D eigenvalue weighted by Gasteiger charge is -2.49. The van der Waals surface area contributed by atoms with E-state index in [-0.39, 0.29) is 12.1 Å². The molecule has 126 valence electrons. The van der Waals surface area contributed by atoms with Crippen molar-refractivity contribution in [3.05, 3.63) is 65.4 Å². The number of rotatable bonds is 1. The zero-order chi connectivity index (χ0) is 17.1. The third kappa shape index (κ3) is 1.91. The van der Waals surface area contributed by atoms with Gasteiger partial charge >= 0.3 is 0 Å². The molecule has 0 radical (unpaired) electrons. The standard InChI is InChI=1S/C21H21N3O/c1-13(2)24-18-10-6-4-8-16(18)21(25)23-12-11-15-14-7-3-5-9-17(14)22-19(15)20(23)24/h3-10,13,20,22H,11-12H2,1-2H3. The summed E-state index contributed by atoms with van der Waals surface area (Å²) in [5, 5.41) is 1.28. The molecular weight excluding hydrogens is 310 g/mol. The van der Waals surface area contributed by atoms with Gasteiger partial charge in [-0.2, -0.15) is 0 Å². The average Bonchev–Trinajstić information content (AvgIpc) is 3.01. The molecule has 0 saturated carbocycles. The number of carbonyl (C=O) groups excluding carboxylic acids is 1. The summed E-state index contributed by atoms with van der Waals surface area (Å²) >= 11 is 0. The van der Waals surface area contributed by atoms with E-state index in [1.807, 2.05) is 23.1 Å². The van der Waals surface area contributed by atoms with Gasteiger partial charge in [0.25, 0.3) is 5.91 Å². The number of H-pyrrole nitrogens is 1. The minimum absolute atomic E-state index is 0.0569. The molecule has 1 aromatic heterocycles. The molecule has 1 atom stereocenters. The van der Waals surface area contributed by atoms with Crippen LogP contribution in [0.5, 0.6) is 0 Å². The number of carbonyl (C=O) groups is 1. The second-order valence-electron chi connectivity index (χ2n) is 7.20. The van der Waals surface area contributed by atoms with E-state index in [4.69, 9.17) is 0 Å². The number of fused-ring (bicyclic) bond motifs is 6. The molecule has 2 aliphatic heterocycles. The van der Waals surface area contributed by atoms with Crippen LogP contribution in [0, 0.1) is 0 Å². The minimum Gasteiger partial charge on any atom is -0.355 e. The first-order valence-electron chi connectivity index (χ1n) is 8.94. The van der Waals surface area contributed by atoms with Gasteiger partial charge in [-0.15, -0.1) is 0 Å². The van der Waals surface area contributed by atoms with Gasteiger partial charge in [-0.3, -0.25) is 4.79 Å². The Kier molecular flexibility index (Phi) is 2.99. The second-order valence-corrected chi connectivity index (χ2v) is 7.20. The number of benzene rings is 2. The van der Waals surface area contributed by atoms with Crippen LogP contribution in [0.4, 0.5) is 5.69 Å². The molecule has 0 aliphatic carbocycles. The number of amides is 1. The monoisotopic (exact) mass is 331 g/mol. The van der Waals surface area contributed by atoms with Crippen molar-refractivity contribution in [1.82, 2.24) is 9.88 Å². The summed E-state index contributed by atoms with van der Waals surface area (Å²) in [7, 11) is 0. The van der Waals surface area contributed by atoms with Crippen molar-refractivity contribution in [1.29, 1.82) is 0 Å². The highest BCUT2D eigenvalue weighted by atomic mass is 16.2. The van der Waals surface area contributed by atoms with Gasteiger partial charge in [0.15, 0.2) is 0 Å². The van der Waals surface area contributed by atoms with Gasteiger partial charge < -0.3 is 14.8 Å². The molecule has 0 spiro atoms. The molecule has 2 aliphatic rings. The van der Waals surface area contributed by atoms with Crippen LogP contribution in [0.3, 0.4) is 0 Å². The van der Waals surface area contributed by atoms with Crippen molar-refractivity contribution in [2.75, 3.05) is 11.4 Å². The molecule has 0 bridgehead atoms. The molecule has 2 aromatic carbocycles. The van der Waals surface area contributed by atoms with E-state index in [1.165, 1.54) is 16.6 Å². The molecule has 25 heavy (non-hydrogen) atoms. The Morgan fingerprint density at radius 2 is 1.84 bits per heavy atom. The Bertz CT molecular complexity index is 988. The highest BCUT2D eigenvalue weighted by molar-refractivity contribution is 6.02. The quantitative estimate of drug-likeness (QED) is 0.729. The van der Waals surface area contributed by atoms with Gasteiger partial charge in [0.1, 0.15) is 6.17 Å². The number of aromatic nitrogens is 1.